The maximum atomic E-state index is 12.4. The highest BCUT2D eigenvalue weighted by Crippen LogP contribution is 2.46. The second-order valence-electron chi connectivity index (χ2n) is 5.37. The third-order valence-corrected chi connectivity index (χ3v) is 3.97. The Morgan fingerprint density at radius 1 is 1.53 bits per heavy atom. The number of carbonyl (C=O) groups excluding carboxylic acids is 1. The summed E-state index contributed by atoms with van der Waals surface area (Å²) < 4.78 is 0. The molecule has 5 heteroatoms. The second kappa shape index (κ2) is 4.06. The first-order chi connectivity index (χ1) is 9.05. The summed E-state index contributed by atoms with van der Waals surface area (Å²) in [7, 11) is 1.81. The number of benzene rings is 1. The molecule has 5 nitrogen and oxygen atoms in total. The fraction of sp³-hybridized carbons (Fsp3) is 0.429. The lowest BCUT2D eigenvalue weighted by Gasteiger charge is -2.22. The number of rotatable bonds is 3. The number of aromatic amines is 1. The summed E-state index contributed by atoms with van der Waals surface area (Å²) in [6.07, 6.45) is 1.80. The number of hydrogen-bond donors (Lipinski definition) is 2. The van der Waals surface area contributed by atoms with E-state index in [9.17, 15) is 4.79 Å². The van der Waals surface area contributed by atoms with Crippen LogP contribution in [-0.4, -0.2) is 29.5 Å². The van der Waals surface area contributed by atoms with Crippen LogP contribution in [0.2, 0.25) is 0 Å². The standard InChI is InChI=1S/C14H18N4O/c1-9-16-11-4-3-10(7-12(11)17-9)18(2)13(19)14(8-15)5-6-14/h3-4,7H,5-6,8,15H2,1-2H3,(H,16,17). The minimum atomic E-state index is -0.312. The van der Waals surface area contributed by atoms with Crippen LogP contribution in [0.15, 0.2) is 18.2 Å². The monoisotopic (exact) mass is 258 g/mol. The Morgan fingerprint density at radius 3 is 2.89 bits per heavy atom. The molecule has 3 rings (SSSR count). The normalized spacial score (nSPS) is 16.6. The molecule has 0 unspecified atom stereocenters. The summed E-state index contributed by atoms with van der Waals surface area (Å²) in [5.74, 6) is 0.993. The summed E-state index contributed by atoms with van der Waals surface area (Å²) in [5.41, 5.74) is 8.15. The minimum Gasteiger partial charge on any atom is -0.342 e. The van der Waals surface area contributed by atoms with Crippen LogP contribution < -0.4 is 10.6 Å². The summed E-state index contributed by atoms with van der Waals surface area (Å²) in [6.45, 7) is 2.35. The number of aryl methyl sites for hydroxylation is 1. The molecule has 0 aliphatic heterocycles. The number of amides is 1. The molecule has 3 N–H and O–H groups in total. The summed E-state index contributed by atoms with van der Waals surface area (Å²) in [6, 6.07) is 5.81. The zero-order valence-electron chi connectivity index (χ0n) is 11.2. The topological polar surface area (TPSA) is 75.0 Å². The van der Waals surface area contributed by atoms with E-state index in [4.69, 9.17) is 5.73 Å². The largest absolute Gasteiger partial charge is 0.342 e. The molecule has 1 fully saturated rings. The van der Waals surface area contributed by atoms with Crippen molar-refractivity contribution in [3.8, 4) is 0 Å². The van der Waals surface area contributed by atoms with Crippen molar-refractivity contribution in [2.75, 3.05) is 18.5 Å². The highest BCUT2D eigenvalue weighted by atomic mass is 16.2. The van der Waals surface area contributed by atoms with Gasteiger partial charge in [0.15, 0.2) is 0 Å². The van der Waals surface area contributed by atoms with E-state index in [0.29, 0.717) is 6.54 Å². The van der Waals surface area contributed by atoms with E-state index < -0.39 is 0 Å². The van der Waals surface area contributed by atoms with Crippen molar-refractivity contribution >= 4 is 22.6 Å². The van der Waals surface area contributed by atoms with Crippen LogP contribution in [0.4, 0.5) is 5.69 Å². The Balaban J connectivity index is 1.93. The number of hydrogen-bond acceptors (Lipinski definition) is 3. The minimum absolute atomic E-state index is 0.116. The fourth-order valence-electron chi connectivity index (χ4n) is 2.46. The molecule has 0 atom stereocenters. The number of aromatic nitrogens is 2. The maximum Gasteiger partial charge on any atom is 0.234 e. The molecule has 19 heavy (non-hydrogen) atoms. The third kappa shape index (κ3) is 1.90. The van der Waals surface area contributed by atoms with Gasteiger partial charge in [0.05, 0.1) is 16.4 Å². The van der Waals surface area contributed by atoms with Crippen molar-refractivity contribution in [3.63, 3.8) is 0 Å². The molecular weight excluding hydrogens is 240 g/mol. The van der Waals surface area contributed by atoms with Crippen molar-refractivity contribution in [3.05, 3.63) is 24.0 Å². The molecule has 1 aliphatic carbocycles. The number of nitrogens with zero attached hydrogens (tertiary/aromatic N) is 2. The van der Waals surface area contributed by atoms with Crippen LogP contribution in [0.25, 0.3) is 11.0 Å². The Kier molecular flexibility index (Phi) is 2.60. The van der Waals surface area contributed by atoms with Gasteiger partial charge in [0.25, 0.3) is 0 Å². The van der Waals surface area contributed by atoms with Gasteiger partial charge in [0, 0.05) is 19.3 Å². The van der Waals surface area contributed by atoms with Crippen LogP contribution in [0, 0.1) is 12.3 Å². The fourth-order valence-corrected chi connectivity index (χ4v) is 2.46. The van der Waals surface area contributed by atoms with Crippen LogP contribution >= 0.6 is 0 Å². The van der Waals surface area contributed by atoms with Gasteiger partial charge in [-0.3, -0.25) is 4.79 Å². The number of imidazole rings is 1. The predicted molar refractivity (Wildman–Crippen MR) is 75.0 cm³/mol. The number of anilines is 1. The molecule has 1 aromatic carbocycles. The maximum absolute atomic E-state index is 12.4. The average Bonchev–Trinajstić information content (AvgIpc) is 3.12. The molecule has 0 spiro atoms. The Labute approximate surface area is 111 Å². The lowest BCUT2D eigenvalue weighted by atomic mass is 10.1. The van der Waals surface area contributed by atoms with Crippen molar-refractivity contribution in [2.24, 2.45) is 11.1 Å². The molecule has 2 aromatic rings. The van der Waals surface area contributed by atoms with Crippen LogP contribution in [0.3, 0.4) is 0 Å². The Bertz CT molecular complexity index is 642. The number of nitrogens with one attached hydrogen (secondary N) is 1. The summed E-state index contributed by atoms with van der Waals surface area (Å²) in [4.78, 5) is 21.7. The van der Waals surface area contributed by atoms with E-state index in [0.717, 1.165) is 35.4 Å². The highest BCUT2D eigenvalue weighted by Gasteiger charge is 2.50. The lowest BCUT2D eigenvalue weighted by Crippen LogP contribution is -2.38. The van der Waals surface area contributed by atoms with E-state index >= 15 is 0 Å². The number of nitrogens with two attached hydrogens (primary N) is 1. The van der Waals surface area contributed by atoms with Gasteiger partial charge < -0.3 is 15.6 Å². The molecule has 1 heterocycles. The molecule has 1 amide bonds. The molecule has 1 aliphatic rings. The second-order valence-corrected chi connectivity index (χ2v) is 5.37. The Morgan fingerprint density at radius 2 is 2.26 bits per heavy atom. The predicted octanol–water partition coefficient (Wildman–Crippen LogP) is 1.57. The molecule has 100 valence electrons. The number of fused-ring (bicyclic) bond motifs is 1. The summed E-state index contributed by atoms with van der Waals surface area (Å²) in [5, 5.41) is 0. The van der Waals surface area contributed by atoms with Crippen molar-refractivity contribution in [1.29, 1.82) is 0 Å². The van der Waals surface area contributed by atoms with Gasteiger partial charge in [0.2, 0.25) is 5.91 Å². The van der Waals surface area contributed by atoms with E-state index in [1.807, 2.05) is 32.2 Å². The lowest BCUT2D eigenvalue weighted by molar-refractivity contribution is -0.123. The van der Waals surface area contributed by atoms with Gasteiger partial charge >= 0.3 is 0 Å². The van der Waals surface area contributed by atoms with Gasteiger partial charge in [0.1, 0.15) is 5.82 Å². The van der Waals surface area contributed by atoms with E-state index in [2.05, 4.69) is 9.97 Å². The van der Waals surface area contributed by atoms with Gasteiger partial charge in [-0.25, -0.2) is 4.98 Å². The van der Waals surface area contributed by atoms with E-state index in [-0.39, 0.29) is 11.3 Å². The van der Waals surface area contributed by atoms with Crippen LogP contribution in [-0.2, 0) is 4.79 Å². The SMILES string of the molecule is Cc1nc2ccc(N(C)C(=O)C3(CN)CC3)cc2[nH]1. The first kappa shape index (κ1) is 12.2. The molecule has 1 aromatic heterocycles. The molecule has 0 radical (unpaired) electrons. The van der Waals surface area contributed by atoms with Crippen molar-refractivity contribution < 1.29 is 4.79 Å². The highest BCUT2D eigenvalue weighted by molar-refractivity contribution is 6.00. The van der Waals surface area contributed by atoms with E-state index in [1.54, 1.807) is 4.90 Å². The molecular formula is C14H18N4O. The van der Waals surface area contributed by atoms with Gasteiger partial charge in [-0.1, -0.05) is 0 Å². The van der Waals surface area contributed by atoms with Crippen molar-refractivity contribution in [1.82, 2.24) is 9.97 Å². The van der Waals surface area contributed by atoms with Crippen LogP contribution in [0.5, 0.6) is 0 Å². The third-order valence-electron chi connectivity index (χ3n) is 3.97. The molecule has 0 saturated heterocycles. The quantitative estimate of drug-likeness (QED) is 0.877. The number of H-pyrrole nitrogens is 1. The first-order valence-electron chi connectivity index (χ1n) is 6.50. The number of carbonyl (C=O) groups is 1. The van der Waals surface area contributed by atoms with Gasteiger partial charge in [-0.2, -0.15) is 0 Å². The van der Waals surface area contributed by atoms with Crippen molar-refractivity contribution in [2.45, 2.75) is 19.8 Å². The zero-order chi connectivity index (χ0) is 13.6. The zero-order valence-corrected chi connectivity index (χ0v) is 11.2. The van der Waals surface area contributed by atoms with Gasteiger partial charge in [-0.15, -0.1) is 0 Å². The van der Waals surface area contributed by atoms with Crippen LogP contribution in [0.1, 0.15) is 18.7 Å². The smallest absolute Gasteiger partial charge is 0.234 e. The first-order valence-corrected chi connectivity index (χ1v) is 6.50. The summed E-state index contributed by atoms with van der Waals surface area (Å²) >= 11 is 0. The molecule has 0 bridgehead atoms. The Hall–Kier alpha value is -1.88. The van der Waals surface area contributed by atoms with E-state index in [1.165, 1.54) is 0 Å². The molecule has 1 saturated carbocycles. The van der Waals surface area contributed by atoms with Gasteiger partial charge in [-0.05, 0) is 38.0 Å². The average molecular weight is 258 g/mol.